The maximum absolute atomic E-state index is 10.7. The van der Waals surface area contributed by atoms with Crippen molar-refractivity contribution in [3.8, 4) is 6.07 Å². The molecule has 1 heterocycles. The minimum Gasteiger partial charge on any atom is -0.265 e. The fourth-order valence-electron chi connectivity index (χ4n) is 2.58. The molecular formula is C16H18N4O2. The second-order valence-electron chi connectivity index (χ2n) is 5.00. The predicted octanol–water partition coefficient (Wildman–Crippen LogP) is 3.03. The van der Waals surface area contributed by atoms with Crippen LogP contribution in [0.2, 0.25) is 0 Å². The van der Waals surface area contributed by atoms with Gasteiger partial charge in [0, 0.05) is 23.4 Å². The van der Waals surface area contributed by atoms with Crippen molar-refractivity contribution in [1.29, 1.82) is 5.26 Å². The number of aromatic nitrogens is 2. The molecule has 6 nitrogen and oxygen atoms in total. The number of aryl methyl sites for hydroxylation is 1. The maximum Gasteiger partial charge on any atom is 0.269 e. The summed E-state index contributed by atoms with van der Waals surface area (Å²) in [6.07, 6.45) is 1.96. The third-order valence-corrected chi connectivity index (χ3v) is 3.65. The highest BCUT2D eigenvalue weighted by Crippen LogP contribution is 2.19. The van der Waals surface area contributed by atoms with E-state index < -0.39 is 4.92 Å². The maximum atomic E-state index is 10.7. The molecular weight excluding hydrogens is 280 g/mol. The van der Waals surface area contributed by atoms with Crippen LogP contribution in [0.4, 0.5) is 5.69 Å². The van der Waals surface area contributed by atoms with Gasteiger partial charge in [-0.2, -0.15) is 10.4 Å². The number of hydrogen-bond acceptors (Lipinski definition) is 4. The Morgan fingerprint density at radius 1 is 1.27 bits per heavy atom. The number of nitriles is 1. The van der Waals surface area contributed by atoms with Crippen molar-refractivity contribution < 1.29 is 4.92 Å². The molecule has 0 unspecified atom stereocenters. The zero-order valence-electron chi connectivity index (χ0n) is 12.7. The quantitative estimate of drug-likeness (QED) is 0.606. The van der Waals surface area contributed by atoms with Crippen LogP contribution in [-0.2, 0) is 25.8 Å². The Labute approximate surface area is 129 Å². The summed E-state index contributed by atoms with van der Waals surface area (Å²) < 4.78 is 1.91. The first-order chi connectivity index (χ1) is 10.6. The van der Waals surface area contributed by atoms with E-state index in [2.05, 4.69) is 11.2 Å². The Balaban J connectivity index is 2.32. The summed E-state index contributed by atoms with van der Waals surface area (Å²) in [7, 11) is 0. The van der Waals surface area contributed by atoms with Crippen molar-refractivity contribution in [3.63, 3.8) is 0 Å². The molecule has 2 aromatic rings. The molecule has 0 saturated carbocycles. The largest absolute Gasteiger partial charge is 0.269 e. The van der Waals surface area contributed by atoms with E-state index in [1.807, 2.05) is 18.5 Å². The lowest BCUT2D eigenvalue weighted by atomic mass is 10.1. The van der Waals surface area contributed by atoms with Gasteiger partial charge < -0.3 is 0 Å². The lowest BCUT2D eigenvalue weighted by Gasteiger charge is -2.07. The van der Waals surface area contributed by atoms with Gasteiger partial charge in [-0.3, -0.25) is 14.8 Å². The summed E-state index contributed by atoms with van der Waals surface area (Å²) in [4.78, 5) is 10.3. The topological polar surface area (TPSA) is 84.8 Å². The normalized spacial score (nSPS) is 10.4. The molecule has 0 N–H and O–H groups in total. The number of nitro benzene ring substituents is 1. The monoisotopic (exact) mass is 298 g/mol. The number of hydrogen-bond donors (Lipinski definition) is 0. The number of benzene rings is 1. The van der Waals surface area contributed by atoms with Crippen LogP contribution >= 0.6 is 0 Å². The smallest absolute Gasteiger partial charge is 0.265 e. The van der Waals surface area contributed by atoms with Crippen LogP contribution in [0.5, 0.6) is 0 Å². The molecule has 0 amide bonds. The second kappa shape index (κ2) is 6.85. The lowest BCUT2D eigenvalue weighted by Crippen LogP contribution is -2.06. The van der Waals surface area contributed by atoms with Gasteiger partial charge in [-0.25, -0.2) is 0 Å². The van der Waals surface area contributed by atoms with E-state index in [-0.39, 0.29) is 5.69 Å². The van der Waals surface area contributed by atoms with E-state index in [1.54, 1.807) is 12.1 Å². The summed E-state index contributed by atoms with van der Waals surface area (Å²) in [6, 6.07) is 8.69. The Bertz CT molecular complexity index is 711. The number of rotatable bonds is 6. The third kappa shape index (κ3) is 3.14. The van der Waals surface area contributed by atoms with Crippen molar-refractivity contribution in [1.82, 2.24) is 9.78 Å². The number of non-ortho nitro benzene ring substituents is 1. The standard InChI is InChI=1S/C16H18N4O2/c1-3-15-14(9-10-17)16(4-2)19(18-15)11-12-5-7-13(8-6-12)20(21)22/h5-8H,3-4,9,11H2,1-2H3. The molecule has 0 atom stereocenters. The van der Waals surface area contributed by atoms with Crippen molar-refractivity contribution in [3.05, 3.63) is 56.9 Å². The number of nitrogens with zero attached hydrogens (tertiary/aromatic N) is 4. The third-order valence-electron chi connectivity index (χ3n) is 3.65. The Hall–Kier alpha value is -2.68. The molecule has 6 heteroatoms. The summed E-state index contributed by atoms with van der Waals surface area (Å²) in [5, 5.41) is 24.3. The molecule has 1 aromatic carbocycles. The van der Waals surface area contributed by atoms with Gasteiger partial charge in [0.2, 0.25) is 0 Å². The Morgan fingerprint density at radius 2 is 1.95 bits per heavy atom. The van der Waals surface area contributed by atoms with Crippen LogP contribution in [0.25, 0.3) is 0 Å². The zero-order valence-corrected chi connectivity index (χ0v) is 12.7. The minimum absolute atomic E-state index is 0.0827. The van der Waals surface area contributed by atoms with Crippen LogP contribution in [0.15, 0.2) is 24.3 Å². The molecule has 22 heavy (non-hydrogen) atoms. The van der Waals surface area contributed by atoms with Crippen LogP contribution in [0.1, 0.15) is 36.4 Å². The summed E-state index contributed by atoms with van der Waals surface area (Å²) in [6.45, 7) is 4.63. The molecule has 0 bridgehead atoms. The van der Waals surface area contributed by atoms with Crippen LogP contribution in [0.3, 0.4) is 0 Å². The molecule has 0 aliphatic carbocycles. The summed E-state index contributed by atoms with van der Waals surface area (Å²) in [5.41, 5.74) is 4.08. The Morgan fingerprint density at radius 3 is 2.45 bits per heavy atom. The summed E-state index contributed by atoms with van der Waals surface area (Å²) in [5.74, 6) is 0. The van der Waals surface area contributed by atoms with Gasteiger partial charge in [-0.1, -0.05) is 26.0 Å². The predicted molar refractivity (Wildman–Crippen MR) is 82.5 cm³/mol. The highest BCUT2D eigenvalue weighted by atomic mass is 16.6. The van der Waals surface area contributed by atoms with E-state index in [4.69, 9.17) is 5.26 Å². The van der Waals surface area contributed by atoms with Gasteiger partial charge in [0.25, 0.3) is 5.69 Å². The average Bonchev–Trinajstić information content (AvgIpc) is 2.85. The highest BCUT2D eigenvalue weighted by molar-refractivity contribution is 5.34. The molecule has 0 aliphatic rings. The van der Waals surface area contributed by atoms with Gasteiger partial charge in [0.05, 0.1) is 29.7 Å². The number of nitro groups is 1. The van der Waals surface area contributed by atoms with E-state index >= 15 is 0 Å². The average molecular weight is 298 g/mol. The molecule has 0 fully saturated rings. The van der Waals surface area contributed by atoms with E-state index in [0.717, 1.165) is 35.4 Å². The minimum atomic E-state index is -0.407. The van der Waals surface area contributed by atoms with Crippen molar-refractivity contribution in [2.75, 3.05) is 0 Å². The first kappa shape index (κ1) is 15.7. The molecule has 0 radical (unpaired) electrons. The van der Waals surface area contributed by atoms with Gasteiger partial charge in [0.15, 0.2) is 0 Å². The van der Waals surface area contributed by atoms with Gasteiger partial charge in [-0.15, -0.1) is 0 Å². The molecule has 0 saturated heterocycles. The molecule has 2 rings (SSSR count). The van der Waals surface area contributed by atoms with E-state index in [0.29, 0.717) is 13.0 Å². The first-order valence-electron chi connectivity index (χ1n) is 7.28. The van der Waals surface area contributed by atoms with Crippen molar-refractivity contribution in [2.45, 2.75) is 39.7 Å². The van der Waals surface area contributed by atoms with Crippen molar-refractivity contribution in [2.24, 2.45) is 0 Å². The van der Waals surface area contributed by atoms with Crippen molar-refractivity contribution >= 4 is 5.69 Å². The zero-order chi connectivity index (χ0) is 16.1. The first-order valence-corrected chi connectivity index (χ1v) is 7.28. The van der Waals surface area contributed by atoms with Gasteiger partial charge >= 0.3 is 0 Å². The fraction of sp³-hybridized carbons (Fsp3) is 0.375. The molecule has 0 spiro atoms. The molecule has 114 valence electrons. The fourth-order valence-corrected chi connectivity index (χ4v) is 2.58. The van der Waals surface area contributed by atoms with Crippen LogP contribution in [0, 0.1) is 21.4 Å². The highest BCUT2D eigenvalue weighted by Gasteiger charge is 2.15. The summed E-state index contributed by atoms with van der Waals surface area (Å²) >= 11 is 0. The van der Waals surface area contributed by atoms with Gasteiger partial charge in [-0.05, 0) is 18.4 Å². The SMILES string of the molecule is CCc1nn(Cc2ccc([N+](=O)[O-])cc2)c(CC)c1CC#N. The Kier molecular flexibility index (Phi) is 4.89. The van der Waals surface area contributed by atoms with E-state index in [1.165, 1.54) is 12.1 Å². The van der Waals surface area contributed by atoms with E-state index in [9.17, 15) is 10.1 Å². The lowest BCUT2D eigenvalue weighted by molar-refractivity contribution is -0.384. The van der Waals surface area contributed by atoms with Crippen LogP contribution < -0.4 is 0 Å². The molecule has 0 aliphatic heterocycles. The van der Waals surface area contributed by atoms with Gasteiger partial charge in [0.1, 0.15) is 0 Å². The van der Waals surface area contributed by atoms with Crippen LogP contribution in [-0.4, -0.2) is 14.7 Å². The second-order valence-corrected chi connectivity index (χ2v) is 5.00. The molecule has 1 aromatic heterocycles.